The maximum atomic E-state index is 8.57. The molecule has 0 N–H and O–H groups in total. The summed E-state index contributed by atoms with van der Waals surface area (Å²) in [5.74, 6) is 1.68. The Labute approximate surface area is 299 Å². The first-order chi connectivity index (χ1) is 25.4. The molecule has 0 amide bonds. The van der Waals surface area contributed by atoms with E-state index in [2.05, 4.69) is 35.2 Å². The van der Waals surface area contributed by atoms with E-state index in [-0.39, 0.29) is 38.8 Å². The van der Waals surface area contributed by atoms with Gasteiger partial charge in [0.05, 0.1) is 29.3 Å². The molecule has 0 fully saturated rings. The largest absolute Gasteiger partial charge is 0.510 e. The predicted octanol–water partition coefficient (Wildman–Crippen LogP) is 9.26. The molecule has 3 aromatic heterocycles. The van der Waals surface area contributed by atoms with Crippen molar-refractivity contribution in [3.05, 3.63) is 176 Å². The number of fused-ring (bicyclic) bond motifs is 4. The summed E-state index contributed by atoms with van der Waals surface area (Å²) in [7, 11) is 0. The van der Waals surface area contributed by atoms with Gasteiger partial charge in [0.15, 0.2) is 0 Å². The molecule has 0 saturated carbocycles. The van der Waals surface area contributed by atoms with Gasteiger partial charge in [0.1, 0.15) is 5.82 Å². The molecular weight excluding hydrogens is 772 g/mol. The minimum atomic E-state index is -0.450. The van der Waals surface area contributed by atoms with Crippen LogP contribution < -0.4 is 9.30 Å². The zero-order valence-electron chi connectivity index (χ0n) is 30.1. The quantitative estimate of drug-likeness (QED) is 0.124. The standard InChI is InChI=1S/C42H26N4O.Pt/c1-3-13-30(14-4-1)37-20-12-24-42(43-37)46-38-21-8-7-19-35(38)36-26-25-34(28-41(36)46)47-33-18-11-17-32(27-33)45-29-44(31-15-5-2-6-16-31)39-22-9-10-23-40(39)45;/h1-26H;/q-2;/i2D,5D,6D,15D,16D;. The van der Waals surface area contributed by atoms with Crippen molar-refractivity contribution in [2.75, 3.05) is 0 Å². The van der Waals surface area contributed by atoms with Crippen molar-refractivity contribution in [1.29, 1.82) is 0 Å². The van der Waals surface area contributed by atoms with Crippen molar-refractivity contribution in [3.63, 3.8) is 0 Å². The normalized spacial score (nSPS) is 12.6. The van der Waals surface area contributed by atoms with Gasteiger partial charge in [-0.3, -0.25) is 4.57 Å². The van der Waals surface area contributed by atoms with Crippen LogP contribution in [0.25, 0.3) is 61.3 Å². The van der Waals surface area contributed by atoms with E-state index in [4.69, 9.17) is 16.6 Å². The zero-order valence-corrected chi connectivity index (χ0v) is 27.4. The Morgan fingerprint density at radius 1 is 0.646 bits per heavy atom. The molecule has 9 rings (SSSR count). The molecule has 3 heterocycles. The summed E-state index contributed by atoms with van der Waals surface area (Å²) in [5, 5.41) is 2.08. The van der Waals surface area contributed by atoms with E-state index in [1.807, 2.05) is 109 Å². The first-order valence-electron chi connectivity index (χ1n) is 17.6. The van der Waals surface area contributed by atoms with E-state index in [1.165, 1.54) is 4.57 Å². The van der Waals surface area contributed by atoms with E-state index < -0.39 is 18.1 Å². The van der Waals surface area contributed by atoms with E-state index in [0.717, 1.165) is 38.9 Å². The van der Waals surface area contributed by atoms with E-state index >= 15 is 0 Å². The molecule has 9 aromatic rings. The van der Waals surface area contributed by atoms with Gasteiger partial charge in [0.2, 0.25) is 0 Å². The number of hydrogen-bond donors (Lipinski definition) is 0. The fourth-order valence-electron chi connectivity index (χ4n) is 5.99. The van der Waals surface area contributed by atoms with Crippen LogP contribution in [0.4, 0.5) is 0 Å². The second kappa shape index (κ2) is 12.4. The number of ether oxygens (including phenoxy) is 1. The van der Waals surface area contributed by atoms with E-state index in [9.17, 15) is 0 Å². The Balaban J connectivity index is 0.00000400. The molecule has 5 nitrogen and oxygen atoms in total. The van der Waals surface area contributed by atoms with Crippen molar-refractivity contribution in [2.24, 2.45) is 0 Å². The number of para-hydroxylation sites is 4. The monoisotopic (exact) mass is 802 g/mol. The Bertz CT molecular complexity index is 2830. The van der Waals surface area contributed by atoms with Crippen LogP contribution in [0.15, 0.2) is 158 Å². The third kappa shape index (κ3) is 5.19. The van der Waals surface area contributed by atoms with Gasteiger partial charge >= 0.3 is 0 Å². The summed E-state index contributed by atoms with van der Waals surface area (Å²) in [6.07, 6.45) is 3.21. The molecule has 232 valence electrons. The summed E-state index contributed by atoms with van der Waals surface area (Å²) in [5.41, 5.74) is 5.61. The topological polar surface area (TPSA) is 35.9 Å². The van der Waals surface area contributed by atoms with Crippen molar-refractivity contribution in [1.82, 2.24) is 14.1 Å². The summed E-state index contributed by atoms with van der Waals surface area (Å²) < 4.78 is 53.4. The van der Waals surface area contributed by atoms with Crippen molar-refractivity contribution in [2.45, 2.75) is 0 Å². The molecular formula is C42H26N4OPt-2. The molecule has 0 spiro atoms. The van der Waals surface area contributed by atoms with Gasteiger partial charge in [0.25, 0.3) is 6.33 Å². The number of nitrogens with zero attached hydrogens (tertiary/aromatic N) is 4. The van der Waals surface area contributed by atoms with Gasteiger partial charge in [-0.15, -0.1) is 29.7 Å². The van der Waals surface area contributed by atoms with E-state index in [1.54, 1.807) is 10.6 Å². The van der Waals surface area contributed by atoms with E-state index in [0.29, 0.717) is 28.2 Å². The first-order valence-corrected chi connectivity index (χ1v) is 15.1. The number of pyridine rings is 1. The molecule has 0 aliphatic rings. The minimum absolute atomic E-state index is 0. The van der Waals surface area contributed by atoms with Crippen molar-refractivity contribution >= 4 is 32.8 Å². The second-order valence-electron chi connectivity index (χ2n) is 10.9. The molecule has 0 unspecified atom stereocenters. The molecule has 6 heteroatoms. The Hall–Kier alpha value is -5.77. The van der Waals surface area contributed by atoms with Crippen LogP contribution in [-0.4, -0.2) is 14.1 Å². The van der Waals surface area contributed by atoms with Gasteiger partial charge in [-0.2, -0.15) is 18.2 Å². The minimum Gasteiger partial charge on any atom is -0.510 e. The summed E-state index contributed by atoms with van der Waals surface area (Å²) in [6.45, 7) is 0. The Kier molecular flexibility index (Phi) is 6.33. The van der Waals surface area contributed by atoms with Gasteiger partial charge in [-0.25, -0.2) is 4.98 Å². The SMILES string of the molecule is [2H]c1c([2H])c([2H])c(-[n+]2[c-]n(-c3[c-]c(Oc4[c-]c5c(cc4)c4ccccc4n5-c4cccc(-c5ccccc5)n4)ccc3)c3ccccc32)c([2H])c1[2H].[Pt]. The smallest absolute Gasteiger partial charge is 0.268 e. The maximum absolute atomic E-state index is 8.57. The Morgan fingerprint density at radius 2 is 1.40 bits per heavy atom. The van der Waals surface area contributed by atoms with Crippen LogP contribution in [-0.2, 0) is 21.1 Å². The number of aromatic nitrogens is 4. The number of benzene rings is 6. The Morgan fingerprint density at radius 3 is 2.27 bits per heavy atom. The third-order valence-electron chi connectivity index (χ3n) is 8.08. The number of hydrogen-bond acceptors (Lipinski definition) is 2. The molecule has 0 radical (unpaired) electrons. The molecule has 0 aliphatic heterocycles. The molecule has 48 heavy (non-hydrogen) atoms. The molecule has 0 atom stereocenters. The predicted molar refractivity (Wildman–Crippen MR) is 185 cm³/mol. The van der Waals surface area contributed by atoms with Gasteiger partial charge in [-0.05, 0) is 41.4 Å². The van der Waals surface area contributed by atoms with Crippen LogP contribution in [0, 0.1) is 18.5 Å². The molecule has 0 aliphatic carbocycles. The van der Waals surface area contributed by atoms with Crippen LogP contribution in [0.3, 0.4) is 0 Å². The average molecular weight is 803 g/mol. The van der Waals surface area contributed by atoms with Crippen LogP contribution >= 0.6 is 0 Å². The van der Waals surface area contributed by atoms with Gasteiger partial charge in [0, 0.05) is 43.6 Å². The fourth-order valence-corrected chi connectivity index (χ4v) is 5.99. The zero-order chi connectivity index (χ0) is 35.5. The first kappa shape index (κ1) is 24.4. The van der Waals surface area contributed by atoms with Crippen molar-refractivity contribution in [3.8, 4) is 39.9 Å². The van der Waals surface area contributed by atoms with Crippen LogP contribution in [0.1, 0.15) is 6.85 Å². The van der Waals surface area contributed by atoms with Gasteiger partial charge in [-0.1, -0.05) is 103 Å². The average Bonchev–Trinajstić information content (AvgIpc) is 3.73. The molecule has 0 saturated heterocycles. The third-order valence-corrected chi connectivity index (χ3v) is 8.08. The number of rotatable bonds is 6. The number of imidazole rings is 1. The summed E-state index contributed by atoms with van der Waals surface area (Å²) in [6, 6.07) is 46.0. The summed E-state index contributed by atoms with van der Waals surface area (Å²) >= 11 is 0. The van der Waals surface area contributed by atoms with Gasteiger partial charge < -0.3 is 13.9 Å². The van der Waals surface area contributed by atoms with Crippen LogP contribution in [0.2, 0.25) is 0 Å². The molecule has 0 bridgehead atoms. The van der Waals surface area contributed by atoms with Crippen LogP contribution in [0.5, 0.6) is 11.5 Å². The second-order valence-corrected chi connectivity index (χ2v) is 10.9. The maximum Gasteiger partial charge on any atom is 0.268 e. The van der Waals surface area contributed by atoms with Crippen molar-refractivity contribution < 1.29 is 37.2 Å². The summed E-state index contributed by atoms with van der Waals surface area (Å²) in [4.78, 5) is 5.05. The molecule has 6 aromatic carbocycles. The fraction of sp³-hybridized carbons (Fsp3) is 0.